The molecule has 0 fully saturated rings. The molecule has 0 atom stereocenters. The van der Waals surface area contributed by atoms with Gasteiger partial charge in [0.1, 0.15) is 5.69 Å². The molecule has 0 saturated carbocycles. The van der Waals surface area contributed by atoms with Gasteiger partial charge in [-0.15, -0.1) is 0 Å². The van der Waals surface area contributed by atoms with Crippen molar-refractivity contribution in [2.45, 2.75) is 26.4 Å². The van der Waals surface area contributed by atoms with Crippen LogP contribution in [0, 0.1) is 10.1 Å². The van der Waals surface area contributed by atoms with Crippen LogP contribution in [-0.4, -0.2) is 19.8 Å². The molecule has 19 heavy (non-hydrogen) atoms. The van der Waals surface area contributed by atoms with Gasteiger partial charge in [-0.3, -0.25) is 10.1 Å². The zero-order chi connectivity index (χ0) is 14.0. The van der Waals surface area contributed by atoms with E-state index in [1.54, 1.807) is 18.3 Å². The number of nitro benzene ring substituents is 1. The predicted octanol–water partition coefficient (Wildman–Crippen LogP) is 2.40. The molecule has 0 aliphatic heterocycles. The zero-order valence-corrected chi connectivity index (χ0v) is 10.8. The number of nitrogens with zero attached hydrogens (tertiary/aromatic N) is 3. The van der Waals surface area contributed by atoms with E-state index >= 15 is 0 Å². The fourth-order valence-electron chi connectivity index (χ4n) is 1.79. The first-order valence-corrected chi connectivity index (χ1v) is 5.97. The minimum Gasteiger partial charge on any atom is -0.392 e. The van der Waals surface area contributed by atoms with E-state index in [4.69, 9.17) is 5.11 Å². The summed E-state index contributed by atoms with van der Waals surface area (Å²) in [6, 6.07) is 6.46. The number of rotatable bonds is 4. The molecule has 0 unspecified atom stereocenters. The molecule has 0 radical (unpaired) electrons. The highest BCUT2D eigenvalue weighted by atomic mass is 16.6. The standard InChI is InChI=1S/C13H15N3O3/c1-9(2)11-5-6-15(14-11)12-4-3-10(8-17)7-13(12)16(18)19/h3-7,9,17H,8H2,1-2H3. The molecule has 2 aromatic rings. The van der Waals surface area contributed by atoms with Crippen molar-refractivity contribution in [1.82, 2.24) is 9.78 Å². The molecule has 6 nitrogen and oxygen atoms in total. The van der Waals surface area contributed by atoms with Gasteiger partial charge in [0.15, 0.2) is 0 Å². The number of hydrogen-bond acceptors (Lipinski definition) is 4. The van der Waals surface area contributed by atoms with Crippen molar-refractivity contribution in [1.29, 1.82) is 0 Å². The number of benzene rings is 1. The largest absolute Gasteiger partial charge is 0.392 e. The second-order valence-electron chi connectivity index (χ2n) is 4.58. The summed E-state index contributed by atoms with van der Waals surface area (Å²) in [7, 11) is 0. The molecular formula is C13H15N3O3. The SMILES string of the molecule is CC(C)c1ccn(-c2ccc(CO)cc2[N+](=O)[O-])n1. The maximum Gasteiger partial charge on any atom is 0.295 e. The Bertz CT molecular complexity index is 605. The van der Waals surface area contributed by atoms with Crippen LogP contribution in [0.4, 0.5) is 5.69 Å². The Morgan fingerprint density at radius 2 is 2.16 bits per heavy atom. The van der Waals surface area contributed by atoms with Crippen molar-refractivity contribution < 1.29 is 10.0 Å². The average molecular weight is 261 g/mol. The molecule has 1 N–H and O–H groups in total. The Kier molecular flexibility index (Phi) is 3.62. The van der Waals surface area contributed by atoms with Crippen LogP contribution in [0.5, 0.6) is 0 Å². The maximum absolute atomic E-state index is 11.1. The molecule has 1 aromatic heterocycles. The van der Waals surface area contributed by atoms with Crippen molar-refractivity contribution >= 4 is 5.69 Å². The predicted molar refractivity (Wildman–Crippen MR) is 70.2 cm³/mol. The first kappa shape index (κ1) is 13.2. The first-order chi connectivity index (χ1) is 9.02. The smallest absolute Gasteiger partial charge is 0.295 e. The van der Waals surface area contributed by atoms with Gasteiger partial charge in [0, 0.05) is 12.3 Å². The molecular weight excluding hydrogens is 246 g/mol. The summed E-state index contributed by atoms with van der Waals surface area (Å²) in [5, 5.41) is 24.5. The highest BCUT2D eigenvalue weighted by Gasteiger charge is 2.17. The Morgan fingerprint density at radius 3 is 2.68 bits per heavy atom. The van der Waals surface area contributed by atoms with Crippen molar-refractivity contribution in [2.24, 2.45) is 0 Å². The Morgan fingerprint density at radius 1 is 1.42 bits per heavy atom. The number of aromatic nitrogens is 2. The number of hydrogen-bond donors (Lipinski definition) is 1. The Labute approximate surface area is 110 Å². The second-order valence-corrected chi connectivity index (χ2v) is 4.58. The van der Waals surface area contributed by atoms with Crippen LogP contribution in [0.2, 0.25) is 0 Å². The molecule has 1 heterocycles. The van der Waals surface area contributed by atoms with Crippen LogP contribution >= 0.6 is 0 Å². The van der Waals surface area contributed by atoms with Gasteiger partial charge in [0.2, 0.25) is 0 Å². The van der Waals surface area contributed by atoms with E-state index < -0.39 is 4.92 Å². The molecule has 0 aliphatic carbocycles. The zero-order valence-electron chi connectivity index (χ0n) is 10.8. The summed E-state index contributed by atoms with van der Waals surface area (Å²) in [6.45, 7) is 3.80. The van der Waals surface area contributed by atoms with Gasteiger partial charge in [-0.2, -0.15) is 5.10 Å². The van der Waals surface area contributed by atoms with Crippen LogP contribution in [0.25, 0.3) is 5.69 Å². The lowest BCUT2D eigenvalue weighted by Gasteiger charge is -2.05. The fourth-order valence-corrected chi connectivity index (χ4v) is 1.79. The lowest BCUT2D eigenvalue weighted by Crippen LogP contribution is -2.03. The van der Waals surface area contributed by atoms with E-state index in [-0.39, 0.29) is 18.2 Å². The van der Waals surface area contributed by atoms with Crippen molar-refractivity contribution in [3.63, 3.8) is 0 Å². The molecule has 0 bridgehead atoms. The summed E-state index contributed by atoms with van der Waals surface area (Å²) in [5.41, 5.74) is 1.71. The van der Waals surface area contributed by atoms with Crippen LogP contribution in [0.15, 0.2) is 30.5 Å². The molecule has 0 saturated heterocycles. The van der Waals surface area contributed by atoms with E-state index in [0.717, 1.165) is 5.69 Å². The molecule has 6 heteroatoms. The van der Waals surface area contributed by atoms with Gasteiger partial charge >= 0.3 is 0 Å². The van der Waals surface area contributed by atoms with Gasteiger partial charge in [0.25, 0.3) is 5.69 Å². The molecule has 0 spiro atoms. The highest BCUT2D eigenvalue weighted by Crippen LogP contribution is 2.25. The third-order valence-corrected chi connectivity index (χ3v) is 2.87. The molecule has 1 aromatic carbocycles. The summed E-state index contributed by atoms with van der Waals surface area (Å²) >= 11 is 0. The van der Waals surface area contributed by atoms with Gasteiger partial charge in [-0.05, 0) is 23.6 Å². The monoisotopic (exact) mass is 261 g/mol. The van der Waals surface area contributed by atoms with Crippen molar-refractivity contribution in [3.05, 3.63) is 51.8 Å². The third kappa shape index (κ3) is 2.63. The third-order valence-electron chi connectivity index (χ3n) is 2.87. The topological polar surface area (TPSA) is 81.2 Å². The van der Waals surface area contributed by atoms with Crippen LogP contribution in [0.1, 0.15) is 31.0 Å². The summed E-state index contributed by atoms with van der Waals surface area (Å²) in [6.07, 6.45) is 1.70. The number of aliphatic hydroxyl groups is 1. The lowest BCUT2D eigenvalue weighted by atomic mass is 10.1. The normalized spacial score (nSPS) is 10.9. The van der Waals surface area contributed by atoms with Gasteiger partial charge in [-0.1, -0.05) is 19.9 Å². The quantitative estimate of drug-likeness (QED) is 0.676. The van der Waals surface area contributed by atoms with Gasteiger partial charge < -0.3 is 5.11 Å². The van der Waals surface area contributed by atoms with Crippen molar-refractivity contribution in [3.8, 4) is 5.69 Å². The van der Waals surface area contributed by atoms with E-state index in [0.29, 0.717) is 11.3 Å². The van der Waals surface area contributed by atoms with E-state index in [1.165, 1.54) is 10.7 Å². The van der Waals surface area contributed by atoms with Crippen LogP contribution in [0.3, 0.4) is 0 Å². The Balaban J connectivity index is 2.51. The molecule has 2 rings (SSSR count). The number of aliphatic hydroxyl groups excluding tert-OH is 1. The van der Waals surface area contributed by atoms with Gasteiger partial charge in [0.05, 0.1) is 17.2 Å². The summed E-state index contributed by atoms with van der Waals surface area (Å²) < 4.78 is 1.49. The van der Waals surface area contributed by atoms with Crippen LogP contribution < -0.4 is 0 Å². The Hall–Kier alpha value is -2.21. The minimum atomic E-state index is -0.467. The first-order valence-electron chi connectivity index (χ1n) is 5.97. The fraction of sp³-hybridized carbons (Fsp3) is 0.308. The van der Waals surface area contributed by atoms with E-state index in [2.05, 4.69) is 5.10 Å². The molecule has 0 aliphatic rings. The van der Waals surface area contributed by atoms with Crippen LogP contribution in [-0.2, 0) is 6.61 Å². The summed E-state index contributed by atoms with van der Waals surface area (Å²) in [4.78, 5) is 10.6. The second kappa shape index (κ2) is 5.19. The summed E-state index contributed by atoms with van der Waals surface area (Å²) in [5.74, 6) is 0.261. The molecule has 0 amide bonds. The number of nitro groups is 1. The average Bonchev–Trinajstić information content (AvgIpc) is 2.87. The van der Waals surface area contributed by atoms with Gasteiger partial charge in [-0.25, -0.2) is 4.68 Å². The van der Waals surface area contributed by atoms with E-state index in [9.17, 15) is 10.1 Å². The lowest BCUT2D eigenvalue weighted by molar-refractivity contribution is -0.384. The van der Waals surface area contributed by atoms with Crippen molar-refractivity contribution in [2.75, 3.05) is 0 Å². The maximum atomic E-state index is 11.1. The minimum absolute atomic E-state index is 0.0649. The highest BCUT2D eigenvalue weighted by molar-refractivity contribution is 5.53. The molecule has 100 valence electrons. The van der Waals surface area contributed by atoms with E-state index in [1.807, 2.05) is 19.9 Å².